The highest BCUT2D eigenvalue weighted by Gasteiger charge is 2.33. The lowest BCUT2D eigenvalue weighted by Gasteiger charge is -2.12. The fourth-order valence-electron chi connectivity index (χ4n) is 5.96. The minimum absolute atomic E-state index is 0.101. The summed E-state index contributed by atoms with van der Waals surface area (Å²) in [7, 11) is 0. The van der Waals surface area contributed by atoms with E-state index >= 15 is 0 Å². The molecule has 2 aliphatic carbocycles. The summed E-state index contributed by atoms with van der Waals surface area (Å²) in [5.41, 5.74) is 5.61. The summed E-state index contributed by atoms with van der Waals surface area (Å²) in [6.07, 6.45) is 3.36. The molecule has 5 heteroatoms. The zero-order chi connectivity index (χ0) is 27.7. The van der Waals surface area contributed by atoms with Crippen molar-refractivity contribution in [2.75, 3.05) is 0 Å². The van der Waals surface area contributed by atoms with Crippen LogP contribution in [0.5, 0.6) is 0 Å². The maximum atomic E-state index is 12.9. The summed E-state index contributed by atoms with van der Waals surface area (Å²) >= 11 is 0. The van der Waals surface area contributed by atoms with E-state index in [9.17, 15) is 19.2 Å². The number of aromatic nitrogens is 1. The third-order valence-corrected chi connectivity index (χ3v) is 7.80. The van der Waals surface area contributed by atoms with Gasteiger partial charge in [0.15, 0.2) is 23.1 Å². The molecule has 1 heterocycles. The molecular weight excluding hydrogens is 498 g/mol. The Morgan fingerprint density at radius 3 is 1.20 bits per heavy atom. The molecule has 40 heavy (non-hydrogen) atoms. The highest BCUT2D eigenvalue weighted by atomic mass is 16.2. The van der Waals surface area contributed by atoms with Gasteiger partial charge in [0, 0.05) is 50.1 Å². The maximum absolute atomic E-state index is 12.9. The average Bonchev–Trinajstić information content (AvgIpc) is 3.50. The molecule has 1 aromatic heterocycles. The number of benzene rings is 4. The number of Topliss-reactive ketones (excluding diaryl/α,β-unsaturated/α-hetero) is 4. The minimum atomic E-state index is -0.249. The van der Waals surface area contributed by atoms with Gasteiger partial charge in [-0.2, -0.15) is 0 Å². The second-order valence-electron chi connectivity index (χ2n) is 10.5. The van der Waals surface area contributed by atoms with Gasteiger partial charge >= 0.3 is 0 Å². The van der Waals surface area contributed by atoms with Crippen molar-refractivity contribution >= 4 is 57.1 Å². The first-order chi connectivity index (χ1) is 19.3. The molecule has 2 aliphatic rings. The molecule has 5 aromatic rings. The third kappa shape index (κ3) is 3.41. The molecule has 192 valence electrons. The van der Waals surface area contributed by atoms with Crippen LogP contribution in [0.4, 0.5) is 0 Å². The van der Waals surface area contributed by atoms with Crippen LogP contribution in [0, 0.1) is 0 Å². The standard InChI is InChI=1S/C35H23NO4/c1-19(2)36-30-17-20(15-28-32(37)24-7-3-4-8-25(24)33(28)38)11-13-22(30)23-14-12-21(18-31(23)36)16-29-34(39)26-9-5-6-10-27(26)35(29)40/h3-19H,1-2H3. The smallest absolute Gasteiger partial charge is 0.197 e. The van der Waals surface area contributed by atoms with Crippen LogP contribution in [0.25, 0.3) is 34.0 Å². The fourth-order valence-corrected chi connectivity index (χ4v) is 5.96. The van der Waals surface area contributed by atoms with Gasteiger partial charge in [-0.15, -0.1) is 0 Å². The Morgan fingerprint density at radius 2 is 0.875 bits per heavy atom. The highest BCUT2D eigenvalue weighted by Crippen LogP contribution is 2.36. The predicted molar refractivity (Wildman–Crippen MR) is 156 cm³/mol. The number of ketones is 4. The summed E-state index contributed by atoms with van der Waals surface area (Å²) in [5.74, 6) is -0.997. The van der Waals surface area contributed by atoms with Crippen LogP contribution < -0.4 is 0 Å². The highest BCUT2D eigenvalue weighted by molar-refractivity contribution is 6.42. The number of hydrogen-bond acceptors (Lipinski definition) is 4. The van der Waals surface area contributed by atoms with Crippen LogP contribution in [0.3, 0.4) is 0 Å². The Kier molecular flexibility index (Phi) is 5.19. The molecule has 0 N–H and O–H groups in total. The predicted octanol–water partition coefficient (Wildman–Crippen LogP) is 7.30. The van der Waals surface area contributed by atoms with Crippen molar-refractivity contribution in [2.24, 2.45) is 0 Å². The van der Waals surface area contributed by atoms with E-state index in [4.69, 9.17) is 0 Å². The number of fused-ring (bicyclic) bond motifs is 5. The van der Waals surface area contributed by atoms with Crippen molar-refractivity contribution in [1.29, 1.82) is 0 Å². The van der Waals surface area contributed by atoms with E-state index in [0.29, 0.717) is 22.3 Å². The summed E-state index contributed by atoms with van der Waals surface area (Å²) in [6, 6.07) is 25.8. The lowest BCUT2D eigenvalue weighted by molar-refractivity contribution is 0.0975. The number of hydrogen-bond donors (Lipinski definition) is 0. The molecule has 0 bridgehead atoms. The second kappa shape index (κ2) is 8.68. The van der Waals surface area contributed by atoms with Crippen LogP contribution in [-0.2, 0) is 0 Å². The van der Waals surface area contributed by atoms with Crippen molar-refractivity contribution in [1.82, 2.24) is 4.57 Å². The van der Waals surface area contributed by atoms with Crippen LogP contribution in [-0.4, -0.2) is 27.7 Å². The maximum Gasteiger partial charge on any atom is 0.197 e. The van der Waals surface area contributed by atoms with E-state index in [2.05, 4.69) is 18.4 Å². The largest absolute Gasteiger partial charge is 0.338 e. The third-order valence-electron chi connectivity index (χ3n) is 7.80. The lowest BCUT2D eigenvalue weighted by atomic mass is 10.0. The molecule has 0 spiro atoms. The molecule has 0 unspecified atom stereocenters. The van der Waals surface area contributed by atoms with E-state index in [1.54, 1.807) is 60.7 Å². The van der Waals surface area contributed by atoms with Gasteiger partial charge in [0.05, 0.1) is 11.1 Å². The van der Waals surface area contributed by atoms with Crippen molar-refractivity contribution in [3.05, 3.63) is 129 Å². The minimum Gasteiger partial charge on any atom is -0.338 e. The summed E-state index contributed by atoms with van der Waals surface area (Å²) in [4.78, 5) is 51.8. The van der Waals surface area contributed by atoms with Gasteiger partial charge in [0.25, 0.3) is 0 Å². The fraction of sp³-hybridized carbons (Fsp3) is 0.0857. The summed E-state index contributed by atoms with van der Waals surface area (Å²) < 4.78 is 2.20. The monoisotopic (exact) mass is 521 g/mol. The number of carbonyl (C=O) groups is 4. The van der Waals surface area contributed by atoms with Gasteiger partial charge in [-0.3, -0.25) is 19.2 Å². The molecule has 0 amide bonds. The first kappa shape index (κ1) is 23.9. The van der Waals surface area contributed by atoms with Gasteiger partial charge in [-0.1, -0.05) is 72.8 Å². The Hall–Kier alpha value is -5.16. The second-order valence-corrected chi connectivity index (χ2v) is 10.5. The normalized spacial score (nSPS) is 14.6. The van der Waals surface area contributed by atoms with E-state index in [1.807, 2.05) is 36.4 Å². The number of carbonyl (C=O) groups excluding carboxylic acids is 4. The molecule has 0 atom stereocenters. The van der Waals surface area contributed by atoms with Gasteiger partial charge in [0.2, 0.25) is 0 Å². The molecule has 0 aliphatic heterocycles. The SMILES string of the molecule is CC(C)n1c2cc(C=C3C(=O)c4ccccc4C3=O)ccc2c2ccc(C=C3C(=O)c4ccccc4C3=O)cc21. The molecule has 0 saturated heterocycles. The molecule has 0 saturated carbocycles. The zero-order valence-corrected chi connectivity index (χ0v) is 21.9. The van der Waals surface area contributed by atoms with E-state index < -0.39 is 0 Å². The number of allylic oxidation sites excluding steroid dienone is 2. The zero-order valence-electron chi connectivity index (χ0n) is 21.9. The van der Waals surface area contributed by atoms with E-state index in [-0.39, 0.29) is 40.3 Å². The van der Waals surface area contributed by atoms with Crippen LogP contribution >= 0.6 is 0 Å². The molecular formula is C35H23NO4. The Morgan fingerprint density at radius 1 is 0.525 bits per heavy atom. The number of nitrogens with zero attached hydrogens (tertiary/aromatic N) is 1. The quantitative estimate of drug-likeness (QED) is 0.184. The molecule has 5 nitrogen and oxygen atoms in total. The summed E-state index contributed by atoms with van der Waals surface area (Å²) in [5, 5.41) is 2.08. The van der Waals surface area contributed by atoms with Crippen molar-refractivity contribution in [3.63, 3.8) is 0 Å². The van der Waals surface area contributed by atoms with Crippen LogP contribution in [0.15, 0.2) is 96.1 Å². The first-order valence-corrected chi connectivity index (χ1v) is 13.2. The topological polar surface area (TPSA) is 73.2 Å². The van der Waals surface area contributed by atoms with Gasteiger partial charge in [-0.05, 0) is 49.3 Å². The summed E-state index contributed by atoms with van der Waals surface area (Å²) in [6.45, 7) is 4.19. The molecule has 0 radical (unpaired) electrons. The molecule has 4 aromatic carbocycles. The lowest BCUT2D eigenvalue weighted by Crippen LogP contribution is -2.02. The van der Waals surface area contributed by atoms with Gasteiger partial charge < -0.3 is 4.57 Å². The Bertz CT molecular complexity index is 1830. The molecule has 7 rings (SSSR count). The van der Waals surface area contributed by atoms with Crippen LogP contribution in [0.1, 0.15) is 72.4 Å². The van der Waals surface area contributed by atoms with Crippen LogP contribution in [0.2, 0.25) is 0 Å². The van der Waals surface area contributed by atoms with Crippen molar-refractivity contribution in [3.8, 4) is 0 Å². The van der Waals surface area contributed by atoms with E-state index in [0.717, 1.165) is 32.9 Å². The Balaban J connectivity index is 1.34. The first-order valence-electron chi connectivity index (χ1n) is 13.2. The van der Waals surface area contributed by atoms with Crippen molar-refractivity contribution < 1.29 is 19.2 Å². The van der Waals surface area contributed by atoms with Gasteiger partial charge in [-0.25, -0.2) is 0 Å². The number of rotatable bonds is 3. The van der Waals surface area contributed by atoms with E-state index in [1.165, 1.54) is 0 Å². The van der Waals surface area contributed by atoms with Crippen molar-refractivity contribution in [2.45, 2.75) is 19.9 Å². The Labute approximate surface area is 230 Å². The van der Waals surface area contributed by atoms with Gasteiger partial charge in [0.1, 0.15) is 0 Å². The average molecular weight is 522 g/mol. The molecule has 0 fully saturated rings.